The first-order chi connectivity index (χ1) is 14.7. The van der Waals surface area contributed by atoms with Crippen molar-refractivity contribution in [1.82, 2.24) is 20.4 Å². The van der Waals surface area contributed by atoms with E-state index < -0.39 is 0 Å². The minimum Gasteiger partial charge on any atom is -0.354 e. The molecule has 0 radical (unpaired) electrons. The highest BCUT2D eigenvalue weighted by Crippen LogP contribution is 2.28. The molecule has 1 aliphatic heterocycles. The quantitative estimate of drug-likeness (QED) is 0.300. The van der Waals surface area contributed by atoms with Crippen molar-refractivity contribution in [3.63, 3.8) is 0 Å². The lowest BCUT2D eigenvalue weighted by molar-refractivity contribution is -0.134. The van der Waals surface area contributed by atoms with Crippen molar-refractivity contribution in [2.75, 3.05) is 39.8 Å². The molecule has 1 amide bonds. The predicted molar refractivity (Wildman–Crippen MR) is 139 cm³/mol. The number of carbonyl (C=O) groups excluding carboxylic acids is 1. The number of likely N-dealkylation sites (N-methyl/N-ethyl adjacent to an activating group) is 1. The first-order valence-electron chi connectivity index (χ1n) is 11.7. The molecule has 6 nitrogen and oxygen atoms in total. The van der Waals surface area contributed by atoms with Crippen molar-refractivity contribution in [1.29, 1.82) is 0 Å². The maximum absolute atomic E-state index is 12.7. The van der Waals surface area contributed by atoms with Crippen LogP contribution in [0, 0.1) is 5.92 Å². The summed E-state index contributed by atoms with van der Waals surface area (Å²) < 4.78 is 0. The second-order valence-corrected chi connectivity index (χ2v) is 8.50. The van der Waals surface area contributed by atoms with Crippen LogP contribution in [0.2, 0.25) is 0 Å². The highest BCUT2D eigenvalue weighted by molar-refractivity contribution is 14.0. The van der Waals surface area contributed by atoms with Gasteiger partial charge < -0.3 is 15.5 Å². The Hall–Kier alpha value is -1.35. The second kappa shape index (κ2) is 13.3. The Balaban J connectivity index is 0.00000341. The molecule has 7 heteroatoms. The molecule has 31 heavy (non-hydrogen) atoms. The van der Waals surface area contributed by atoms with Gasteiger partial charge in [0.05, 0.1) is 6.04 Å². The van der Waals surface area contributed by atoms with Crippen molar-refractivity contribution in [3.8, 4) is 0 Å². The largest absolute Gasteiger partial charge is 0.354 e. The van der Waals surface area contributed by atoms with Gasteiger partial charge in [-0.25, -0.2) is 0 Å². The lowest BCUT2D eigenvalue weighted by atomic mass is 10.1. The highest BCUT2D eigenvalue weighted by Gasteiger charge is 2.32. The van der Waals surface area contributed by atoms with Crippen molar-refractivity contribution >= 4 is 35.8 Å². The first kappa shape index (κ1) is 25.9. The number of nitrogens with zero attached hydrogens (tertiary/aromatic N) is 3. The molecule has 2 aliphatic rings. The zero-order valence-electron chi connectivity index (χ0n) is 19.3. The molecule has 3 rings (SSSR count). The normalized spacial score (nSPS) is 20.6. The molecular weight excluding hydrogens is 501 g/mol. The van der Waals surface area contributed by atoms with Crippen molar-refractivity contribution in [2.45, 2.75) is 58.0 Å². The van der Waals surface area contributed by atoms with E-state index in [9.17, 15) is 4.79 Å². The Morgan fingerprint density at radius 1 is 1.16 bits per heavy atom. The fourth-order valence-electron chi connectivity index (χ4n) is 4.89. The zero-order chi connectivity index (χ0) is 21.3. The van der Waals surface area contributed by atoms with E-state index in [1.165, 1.54) is 18.4 Å². The average molecular weight is 542 g/mol. The highest BCUT2D eigenvalue weighted by atomic mass is 127. The Bertz CT molecular complexity index is 688. The van der Waals surface area contributed by atoms with E-state index >= 15 is 0 Å². The minimum atomic E-state index is 0. The van der Waals surface area contributed by atoms with E-state index in [4.69, 9.17) is 0 Å². The van der Waals surface area contributed by atoms with E-state index in [0.29, 0.717) is 11.9 Å². The summed E-state index contributed by atoms with van der Waals surface area (Å²) in [5.74, 6) is 1.45. The summed E-state index contributed by atoms with van der Waals surface area (Å²) in [6.45, 7) is 8.87. The third-order valence-corrected chi connectivity index (χ3v) is 6.67. The molecule has 174 valence electrons. The number of halogens is 1. The number of hydrogen-bond donors (Lipinski definition) is 2. The molecular formula is C24H40IN5O. The van der Waals surface area contributed by atoms with E-state index in [-0.39, 0.29) is 35.9 Å². The van der Waals surface area contributed by atoms with Gasteiger partial charge >= 0.3 is 0 Å². The molecule has 1 aliphatic carbocycles. The second-order valence-electron chi connectivity index (χ2n) is 8.50. The lowest BCUT2D eigenvalue weighted by Crippen LogP contribution is -2.47. The summed E-state index contributed by atoms with van der Waals surface area (Å²) in [6.07, 6.45) is 5.54. The van der Waals surface area contributed by atoms with Crippen LogP contribution in [0.5, 0.6) is 0 Å². The van der Waals surface area contributed by atoms with E-state index in [2.05, 4.69) is 69.6 Å². The number of benzene rings is 1. The average Bonchev–Trinajstić information content (AvgIpc) is 3.48. The Morgan fingerprint density at radius 2 is 1.84 bits per heavy atom. The monoisotopic (exact) mass is 541 g/mol. The Labute approximate surface area is 205 Å². The Morgan fingerprint density at radius 3 is 2.45 bits per heavy atom. The topological polar surface area (TPSA) is 60.0 Å². The molecule has 2 unspecified atom stereocenters. The maximum atomic E-state index is 12.7. The molecule has 1 aromatic carbocycles. The summed E-state index contributed by atoms with van der Waals surface area (Å²) in [5.41, 5.74) is 1.32. The molecule has 2 N–H and O–H groups in total. The summed E-state index contributed by atoms with van der Waals surface area (Å²) in [7, 11) is 1.82. The van der Waals surface area contributed by atoms with Gasteiger partial charge in [0.2, 0.25) is 5.91 Å². The smallest absolute Gasteiger partial charge is 0.225 e. The van der Waals surface area contributed by atoms with Crippen LogP contribution < -0.4 is 10.6 Å². The van der Waals surface area contributed by atoms with Gasteiger partial charge in [0.25, 0.3) is 0 Å². The van der Waals surface area contributed by atoms with Gasteiger partial charge in [0.15, 0.2) is 5.96 Å². The fourth-order valence-corrected chi connectivity index (χ4v) is 4.89. The zero-order valence-corrected chi connectivity index (χ0v) is 21.7. The van der Waals surface area contributed by atoms with E-state index in [0.717, 1.165) is 57.9 Å². The van der Waals surface area contributed by atoms with Crippen LogP contribution in [-0.2, 0) is 4.79 Å². The number of likely N-dealkylation sites (tertiary alicyclic amines) is 1. The number of nitrogens with one attached hydrogen (secondary N) is 2. The van der Waals surface area contributed by atoms with Crippen molar-refractivity contribution in [3.05, 3.63) is 35.9 Å². The summed E-state index contributed by atoms with van der Waals surface area (Å²) in [6, 6.07) is 11.2. The summed E-state index contributed by atoms with van der Waals surface area (Å²) in [5, 5.41) is 7.09. The molecule has 2 atom stereocenters. The van der Waals surface area contributed by atoms with Crippen LogP contribution in [-0.4, -0.2) is 67.5 Å². The van der Waals surface area contributed by atoms with Gasteiger partial charge in [-0.2, -0.15) is 0 Å². The molecule has 0 aromatic heterocycles. The summed E-state index contributed by atoms with van der Waals surface area (Å²) >= 11 is 0. The SMILES string of the molecule is CCN(CC)C(CNC(=NC)NC1CCN(C(=O)C2CCCC2)C1)c1ccccc1.I. The minimum absolute atomic E-state index is 0. The van der Waals surface area contributed by atoms with Crippen molar-refractivity contribution < 1.29 is 4.79 Å². The van der Waals surface area contributed by atoms with Gasteiger partial charge in [-0.15, -0.1) is 24.0 Å². The number of carbonyl (C=O) groups is 1. The molecule has 2 fully saturated rings. The summed E-state index contributed by atoms with van der Waals surface area (Å²) in [4.78, 5) is 21.7. The van der Waals surface area contributed by atoms with Crippen LogP contribution in [0.4, 0.5) is 0 Å². The molecule has 1 aromatic rings. The first-order valence-corrected chi connectivity index (χ1v) is 11.7. The standard InChI is InChI=1S/C24H39N5O.HI/c1-4-28(5-2)22(19-11-7-6-8-12-19)17-26-24(25-3)27-21-15-16-29(18-21)23(30)20-13-9-10-14-20;/h6-8,11-12,20-22H,4-5,9-10,13-18H2,1-3H3,(H2,25,26,27);1H. The van der Waals surface area contributed by atoms with Gasteiger partial charge in [0.1, 0.15) is 0 Å². The van der Waals surface area contributed by atoms with Crippen LogP contribution in [0.3, 0.4) is 0 Å². The van der Waals surface area contributed by atoms with Crippen LogP contribution in [0.15, 0.2) is 35.3 Å². The predicted octanol–water partition coefficient (Wildman–Crippen LogP) is 3.64. The van der Waals surface area contributed by atoms with E-state index in [1.807, 2.05) is 7.05 Å². The maximum Gasteiger partial charge on any atom is 0.225 e. The van der Waals surface area contributed by atoms with Crippen LogP contribution in [0.25, 0.3) is 0 Å². The molecule has 1 saturated heterocycles. The molecule has 1 saturated carbocycles. The third kappa shape index (κ3) is 7.07. The number of guanidine groups is 1. The Kier molecular flexibility index (Phi) is 11.1. The molecule has 1 heterocycles. The third-order valence-electron chi connectivity index (χ3n) is 6.67. The van der Waals surface area contributed by atoms with Gasteiger partial charge in [-0.05, 0) is 37.9 Å². The van der Waals surface area contributed by atoms with Crippen molar-refractivity contribution in [2.24, 2.45) is 10.9 Å². The van der Waals surface area contributed by atoms with Crippen LogP contribution in [0.1, 0.15) is 57.6 Å². The number of hydrogen-bond acceptors (Lipinski definition) is 3. The van der Waals surface area contributed by atoms with E-state index in [1.54, 1.807) is 0 Å². The fraction of sp³-hybridized carbons (Fsp3) is 0.667. The number of aliphatic imine (C=N–C) groups is 1. The molecule has 0 spiro atoms. The number of amides is 1. The number of rotatable bonds is 8. The molecule has 0 bridgehead atoms. The van der Waals surface area contributed by atoms with Gasteiger partial charge in [0, 0.05) is 38.6 Å². The lowest BCUT2D eigenvalue weighted by Gasteiger charge is -2.31. The van der Waals surface area contributed by atoms with Crippen LogP contribution >= 0.6 is 24.0 Å². The van der Waals surface area contributed by atoms with Gasteiger partial charge in [-0.1, -0.05) is 57.0 Å². The van der Waals surface area contributed by atoms with Gasteiger partial charge in [-0.3, -0.25) is 14.7 Å².